The smallest absolute Gasteiger partial charge is 0.201 e. The van der Waals surface area contributed by atoms with Gasteiger partial charge in [0.25, 0.3) is 0 Å². The molecule has 4 heteroatoms. The number of hydrogen-bond acceptors (Lipinski definition) is 4. The van der Waals surface area contributed by atoms with E-state index >= 15 is 0 Å². The molecule has 1 N–H and O–H groups in total. The lowest BCUT2D eigenvalue weighted by atomic mass is 10.1. The molecule has 0 spiro atoms. The highest BCUT2D eigenvalue weighted by Crippen LogP contribution is 2.18. The van der Waals surface area contributed by atoms with Crippen molar-refractivity contribution in [1.82, 2.24) is 5.32 Å². The summed E-state index contributed by atoms with van der Waals surface area (Å²) < 4.78 is 5.37. The largest absolute Gasteiger partial charge is 0.477 e. The molecule has 2 rings (SSSR count). The van der Waals surface area contributed by atoms with E-state index in [1.54, 1.807) is 0 Å². The number of ketones is 1. The van der Waals surface area contributed by atoms with Gasteiger partial charge < -0.3 is 10.1 Å². The molecular weight excluding hydrogens is 210 g/mol. The molecule has 1 aliphatic heterocycles. The van der Waals surface area contributed by atoms with Crippen LogP contribution in [0.15, 0.2) is 29.5 Å². The molecule has 1 saturated heterocycles. The summed E-state index contributed by atoms with van der Waals surface area (Å²) in [6.07, 6.45) is 1.51. The van der Waals surface area contributed by atoms with Crippen molar-refractivity contribution >= 4 is 17.1 Å². The van der Waals surface area contributed by atoms with Crippen molar-refractivity contribution in [3.05, 3.63) is 34.3 Å². The van der Waals surface area contributed by atoms with Gasteiger partial charge in [-0.05, 0) is 25.3 Å². The van der Waals surface area contributed by atoms with Gasteiger partial charge >= 0.3 is 0 Å². The summed E-state index contributed by atoms with van der Waals surface area (Å²) in [6.45, 7) is 4.66. The van der Waals surface area contributed by atoms with Gasteiger partial charge in [0, 0.05) is 6.08 Å². The van der Waals surface area contributed by atoms with Crippen LogP contribution in [0, 0.1) is 0 Å². The van der Waals surface area contributed by atoms with Crippen molar-refractivity contribution in [2.24, 2.45) is 0 Å². The van der Waals surface area contributed by atoms with Crippen LogP contribution in [0.5, 0.6) is 0 Å². The molecule has 1 aromatic heterocycles. The quantitative estimate of drug-likeness (QED) is 0.617. The molecule has 0 unspecified atom stereocenters. The molecule has 0 amide bonds. The highest BCUT2D eigenvalue weighted by atomic mass is 32.1. The number of carbonyl (C=O) groups excluding carboxylic acids is 1. The van der Waals surface area contributed by atoms with E-state index in [4.69, 9.17) is 4.74 Å². The Morgan fingerprint density at radius 2 is 2.47 bits per heavy atom. The molecule has 0 bridgehead atoms. The minimum absolute atomic E-state index is 0.00907. The molecule has 1 aliphatic rings. The van der Waals surface area contributed by atoms with E-state index < -0.39 is 0 Å². The molecule has 0 aromatic carbocycles. The Morgan fingerprint density at radius 3 is 3.00 bits per heavy atom. The summed E-state index contributed by atoms with van der Waals surface area (Å²) in [5, 5.41) is 5.03. The van der Waals surface area contributed by atoms with Crippen molar-refractivity contribution in [2.45, 2.75) is 19.4 Å². The van der Waals surface area contributed by atoms with Crippen LogP contribution in [0.2, 0.25) is 0 Å². The van der Waals surface area contributed by atoms with E-state index in [0.29, 0.717) is 12.5 Å². The molecule has 0 aliphatic carbocycles. The topological polar surface area (TPSA) is 38.3 Å². The molecule has 1 fully saturated rings. The monoisotopic (exact) mass is 223 g/mol. The Morgan fingerprint density at radius 1 is 1.67 bits per heavy atom. The second kappa shape index (κ2) is 3.70. The van der Waals surface area contributed by atoms with E-state index in [-0.39, 0.29) is 11.3 Å². The fourth-order valence-electron chi connectivity index (χ4n) is 1.35. The predicted molar refractivity (Wildman–Crippen MR) is 59.9 cm³/mol. The molecule has 15 heavy (non-hydrogen) atoms. The van der Waals surface area contributed by atoms with E-state index in [0.717, 1.165) is 4.88 Å². The third kappa shape index (κ3) is 2.39. The standard InChI is InChI=1S/C11H13NO2S/c1-11(2)7-14-10(12-11)6-8(13)9-4-3-5-15-9/h3-6,12H,7H2,1-2H3. The summed E-state index contributed by atoms with van der Waals surface area (Å²) in [5.74, 6) is 0.559. The Hall–Kier alpha value is -1.29. The van der Waals surface area contributed by atoms with Crippen LogP contribution in [0.25, 0.3) is 0 Å². The Balaban J connectivity index is 2.09. The van der Waals surface area contributed by atoms with Crippen molar-refractivity contribution in [3.63, 3.8) is 0 Å². The number of ether oxygens (including phenoxy) is 1. The van der Waals surface area contributed by atoms with Gasteiger partial charge in [-0.1, -0.05) is 6.07 Å². The summed E-state index contributed by atoms with van der Waals surface area (Å²) in [7, 11) is 0. The molecule has 0 atom stereocenters. The van der Waals surface area contributed by atoms with Gasteiger partial charge in [0.2, 0.25) is 5.78 Å². The zero-order valence-electron chi connectivity index (χ0n) is 8.74. The Labute approximate surface area is 92.8 Å². The highest BCUT2D eigenvalue weighted by Gasteiger charge is 2.27. The second-order valence-electron chi connectivity index (χ2n) is 4.15. The van der Waals surface area contributed by atoms with Gasteiger partial charge in [0.15, 0.2) is 5.88 Å². The number of carbonyl (C=O) groups is 1. The van der Waals surface area contributed by atoms with Crippen molar-refractivity contribution in [1.29, 1.82) is 0 Å². The second-order valence-corrected chi connectivity index (χ2v) is 5.10. The lowest BCUT2D eigenvalue weighted by Crippen LogP contribution is -2.34. The highest BCUT2D eigenvalue weighted by molar-refractivity contribution is 7.12. The maximum absolute atomic E-state index is 11.7. The summed E-state index contributed by atoms with van der Waals surface area (Å²) in [4.78, 5) is 12.4. The van der Waals surface area contributed by atoms with Crippen molar-refractivity contribution < 1.29 is 9.53 Å². The molecule has 3 nitrogen and oxygen atoms in total. The van der Waals surface area contributed by atoms with Gasteiger partial charge in [0.1, 0.15) is 6.61 Å². The number of nitrogens with one attached hydrogen (secondary N) is 1. The van der Waals surface area contributed by atoms with Crippen molar-refractivity contribution in [3.8, 4) is 0 Å². The SMILES string of the molecule is CC1(C)COC(=CC(=O)c2cccs2)N1. The number of thiophene rings is 1. The molecule has 0 saturated carbocycles. The first-order valence-electron chi connectivity index (χ1n) is 4.77. The van der Waals surface area contributed by atoms with Gasteiger partial charge in [-0.25, -0.2) is 0 Å². The third-order valence-electron chi connectivity index (χ3n) is 2.08. The summed E-state index contributed by atoms with van der Waals surface area (Å²) >= 11 is 1.44. The first-order valence-corrected chi connectivity index (χ1v) is 5.65. The minimum atomic E-state index is -0.0818. The number of hydrogen-bond donors (Lipinski definition) is 1. The Bertz CT molecular complexity index is 393. The predicted octanol–water partition coefficient (Wildman–Crippen LogP) is 2.17. The third-order valence-corrected chi connectivity index (χ3v) is 2.96. The van der Waals surface area contributed by atoms with Gasteiger partial charge in [-0.15, -0.1) is 11.3 Å². The number of rotatable bonds is 2. The van der Waals surface area contributed by atoms with E-state index in [1.165, 1.54) is 17.4 Å². The zero-order valence-corrected chi connectivity index (χ0v) is 9.56. The van der Waals surface area contributed by atoms with Crippen LogP contribution >= 0.6 is 11.3 Å². The maximum Gasteiger partial charge on any atom is 0.201 e. The van der Waals surface area contributed by atoms with Crippen LogP contribution in [0.1, 0.15) is 23.5 Å². The zero-order chi connectivity index (χ0) is 10.9. The van der Waals surface area contributed by atoms with E-state index in [1.807, 2.05) is 31.4 Å². The Kier molecular flexibility index (Phi) is 2.52. The fourth-order valence-corrected chi connectivity index (χ4v) is 1.99. The van der Waals surface area contributed by atoms with Crippen LogP contribution in [-0.4, -0.2) is 17.9 Å². The fraction of sp³-hybridized carbons (Fsp3) is 0.364. The minimum Gasteiger partial charge on any atom is -0.477 e. The van der Waals surface area contributed by atoms with E-state index in [9.17, 15) is 4.79 Å². The van der Waals surface area contributed by atoms with Gasteiger partial charge in [-0.3, -0.25) is 4.79 Å². The van der Waals surface area contributed by atoms with Crippen molar-refractivity contribution in [2.75, 3.05) is 6.61 Å². The summed E-state index contributed by atoms with van der Waals surface area (Å²) in [6, 6.07) is 3.67. The lowest BCUT2D eigenvalue weighted by molar-refractivity contribution is 0.104. The van der Waals surface area contributed by atoms with Gasteiger partial charge in [0.05, 0.1) is 10.4 Å². The molecule has 2 heterocycles. The molecule has 80 valence electrons. The first-order chi connectivity index (χ1) is 7.07. The first kappa shape index (κ1) is 10.2. The van der Waals surface area contributed by atoms with Gasteiger partial charge in [-0.2, -0.15) is 0 Å². The molecule has 1 aromatic rings. The van der Waals surface area contributed by atoms with Crippen LogP contribution in [-0.2, 0) is 4.74 Å². The average Bonchev–Trinajstić information content (AvgIpc) is 2.74. The lowest BCUT2D eigenvalue weighted by Gasteiger charge is -2.13. The van der Waals surface area contributed by atoms with Crippen LogP contribution in [0.4, 0.5) is 0 Å². The summed E-state index contributed by atoms with van der Waals surface area (Å²) in [5.41, 5.74) is -0.0818. The molecular formula is C11H13NO2S. The molecule has 0 radical (unpaired) electrons. The maximum atomic E-state index is 11.7. The van der Waals surface area contributed by atoms with Crippen LogP contribution in [0.3, 0.4) is 0 Å². The normalized spacial score (nSPS) is 21.1. The number of allylic oxidation sites excluding steroid dienone is 1. The average molecular weight is 223 g/mol. The van der Waals surface area contributed by atoms with Crippen LogP contribution < -0.4 is 5.32 Å². The van der Waals surface area contributed by atoms with E-state index in [2.05, 4.69) is 5.32 Å².